The molecule has 2 aromatic carbocycles. The van der Waals surface area contributed by atoms with Crippen LogP contribution >= 0.6 is 0 Å². The Bertz CT molecular complexity index is 2260. The first-order valence-electron chi connectivity index (χ1n) is 15.4. The molecule has 0 saturated carbocycles. The lowest BCUT2D eigenvalue weighted by molar-refractivity contribution is -0.167. The number of anilines is 1. The smallest absolute Gasteiger partial charge is 0.411 e. The van der Waals surface area contributed by atoms with Crippen LogP contribution in [-0.4, -0.2) is 74.1 Å². The number of carboxylic acid groups (broad SMARTS) is 1. The molecule has 3 atom stereocenters. The van der Waals surface area contributed by atoms with Gasteiger partial charge in [0.25, 0.3) is 11.5 Å². The maximum Gasteiger partial charge on any atom is 0.411 e. The first-order valence-corrected chi connectivity index (χ1v) is 15.4. The summed E-state index contributed by atoms with van der Waals surface area (Å²) in [7, 11) is 1.49. The summed E-state index contributed by atoms with van der Waals surface area (Å²) in [5.41, 5.74) is -0.829. The van der Waals surface area contributed by atoms with Gasteiger partial charge < -0.3 is 20.1 Å². The quantitative estimate of drug-likeness (QED) is 0.243. The van der Waals surface area contributed by atoms with Crippen molar-refractivity contribution in [3.8, 4) is 5.69 Å². The summed E-state index contributed by atoms with van der Waals surface area (Å²) >= 11 is 0. The third-order valence-corrected chi connectivity index (χ3v) is 8.98. The highest BCUT2D eigenvalue weighted by molar-refractivity contribution is 5.99. The molecule has 5 aromatic rings. The standard InChI is InChI=1S/C34H30F4N6O6/c1-17-13-19(43-11-12-50-16-26(43)34(36,37)38)14-23(35)27(17)30(45)41-28(32(47)48)18(2)20-6-7-24(29-21(20)5-4-9-40-29)44-31(46)22-8-10-39-15-25(22)42(3)33(44)49/h4-10,13-15,18,26,28H,11-12,16H2,1-3H3,(H,41,45)(H,47,48)/t18?,26-,28+/m1/s1. The number of amides is 1. The van der Waals surface area contributed by atoms with Gasteiger partial charge in [0, 0.05) is 43.0 Å². The maximum atomic E-state index is 15.5. The molecule has 1 aliphatic heterocycles. The molecule has 0 spiro atoms. The largest absolute Gasteiger partial charge is 0.480 e. The molecule has 1 fully saturated rings. The van der Waals surface area contributed by atoms with E-state index in [4.69, 9.17) is 4.74 Å². The number of pyridine rings is 2. The minimum absolute atomic E-state index is 0.00102. The molecule has 1 unspecified atom stereocenters. The minimum atomic E-state index is -4.65. The summed E-state index contributed by atoms with van der Waals surface area (Å²) in [6.07, 6.45) is -0.379. The van der Waals surface area contributed by atoms with Crippen LogP contribution in [0.3, 0.4) is 0 Å². The van der Waals surface area contributed by atoms with E-state index in [0.29, 0.717) is 16.5 Å². The van der Waals surface area contributed by atoms with Gasteiger partial charge >= 0.3 is 17.8 Å². The van der Waals surface area contributed by atoms with E-state index in [1.54, 1.807) is 12.1 Å². The van der Waals surface area contributed by atoms with E-state index in [1.807, 2.05) is 0 Å². The number of benzene rings is 2. The molecule has 3 aromatic heterocycles. The molecule has 0 bridgehead atoms. The van der Waals surface area contributed by atoms with Gasteiger partial charge in [-0.1, -0.05) is 19.1 Å². The minimum Gasteiger partial charge on any atom is -0.480 e. The van der Waals surface area contributed by atoms with Crippen molar-refractivity contribution in [1.29, 1.82) is 0 Å². The lowest BCUT2D eigenvalue weighted by Gasteiger charge is -2.38. The van der Waals surface area contributed by atoms with E-state index >= 15 is 4.39 Å². The van der Waals surface area contributed by atoms with Crippen LogP contribution in [0.15, 0.2) is 70.6 Å². The number of carbonyl (C=O) groups excluding carboxylic acids is 1. The predicted molar refractivity (Wildman–Crippen MR) is 174 cm³/mol. The maximum absolute atomic E-state index is 15.5. The summed E-state index contributed by atoms with van der Waals surface area (Å²) in [5.74, 6) is -4.63. The lowest BCUT2D eigenvalue weighted by atomic mass is 9.89. The molecule has 16 heteroatoms. The fourth-order valence-electron chi connectivity index (χ4n) is 6.42. The Morgan fingerprint density at radius 3 is 2.56 bits per heavy atom. The third kappa shape index (κ3) is 5.95. The van der Waals surface area contributed by atoms with Gasteiger partial charge in [-0.2, -0.15) is 13.2 Å². The number of rotatable bonds is 7. The SMILES string of the molecule is Cc1cc(N2CCOC[C@@H]2C(F)(F)F)cc(F)c1C(=O)N[C@H](C(=O)O)C(C)c1ccc(-n2c(=O)c3ccncc3n(C)c2=O)c2ncccc12. The summed E-state index contributed by atoms with van der Waals surface area (Å²) in [6, 6.07) is 6.11. The number of hydrogen-bond acceptors (Lipinski definition) is 8. The van der Waals surface area contributed by atoms with E-state index in [2.05, 4.69) is 15.3 Å². The average molecular weight is 695 g/mol. The molecule has 1 saturated heterocycles. The van der Waals surface area contributed by atoms with Gasteiger partial charge in [0.15, 0.2) is 0 Å². The predicted octanol–water partition coefficient (Wildman–Crippen LogP) is 3.83. The third-order valence-electron chi connectivity index (χ3n) is 8.98. The normalized spacial score (nSPS) is 16.4. The number of aromatic nitrogens is 4. The van der Waals surface area contributed by atoms with Crippen molar-refractivity contribution >= 4 is 39.4 Å². The highest BCUT2D eigenvalue weighted by Crippen LogP contribution is 2.34. The number of nitrogens with zero attached hydrogens (tertiary/aromatic N) is 5. The second kappa shape index (κ2) is 13.0. The van der Waals surface area contributed by atoms with Crippen LogP contribution in [0.1, 0.15) is 34.3 Å². The van der Waals surface area contributed by atoms with Gasteiger partial charge in [0.1, 0.15) is 17.9 Å². The van der Waals surface area contributed by atoms with Crippen molar-refractivity contribution in [3.63, 3.8) is 0 Å². The summed E-state index contributed by atoms with van der Waals surface area (Å²) in [5, 5.41) is 13.2. The molecule has 260 valence electrons. The molecule has 0 aliphatic carbocycles. The molecule has 12 nitrogen and oxygen atoms in total. The first kappa shape index (κ1) is 34.2. The van der Waals surface area contributed by atoms with E-state index in [9.17, 15) is 37.5 Å². The summed E-state index contributed by atoms with van der Waals surface area (Å²) in [6.45, 7) is 2.07. The first-order chi connectivity index (χ1) is 23.7. The van der Waals surface area contributed by atoms with Crippen LogP contribution in [0, 0.1) is 12.7 Å². The average Bonchev–Trinajstić information content (AvgIpc) is 3.08. The van der Waals surface area contributed by atoms with Crippen LogP contribution < -0.4 is 21.5 Å². The monoisotopic (exact) mass is 694 g/mol. The Morgan fingerprint density at radius 2 is 1.86 bits per heavy atom. The molecule has 50 heavy (non-hydrogen) atoms. The van der Waals surface area contributed by atoms with Gasteiger partial charge in [0.2, 0.25) is 0 Å². The Kier molecular flexibility index (Phi) is 8.90. The number of ether oxygens (including phenoxy) is 1. The van der Waals surface area contributed by atoms with E-state index in [-0.39, 0.29) is 41.0 Å². The number of hydrogen-bond donors (Lipinski definition) is 2. The van der Waals surface area contributed by atoms with Gasteiger partial charge in [-0.25, -0.2) is 18.5 Å². The Balaban J connectivity index is 1.35. The molecule has 4 heterocycles. The molecular weight excluding hydrogens is 664 g/mol. The zero-order chi connectivity index (χ0) is 36.1. The van der Waals surface area contributed by atoms with Crippen molar-refractivity contribution in [2.75, 3.05) is 24.7 Å². The zero-order valence-corrected chi connectivity index (χ0v) is 26.9. The number of carboxylic acids is 1. The molecule has 2 N–H and O–H groups in total. The topological polar surface area (TPSA) is 149 Å². The molecular formula is C34H30F4N6O6. The number of alkyl halides is 3. The van der Waals surface area contributed by atoms with Gasteiger partial charge in [-0.05, 0) is 48.4 Å². The highest BCUT2D eigenvalue weighted by Gasteiger charge is 2.45. The number of aryl methyl sites for hydroxylation is 2. The zero-order valence-electron chi connectivity index (χ0n) is 26.9. The fourth-order valence-corrected chi connectivity index (χ4v) is 6.42. The Morgan fingerprint density at radius 1 is 1.10 bits per heavy atom. The second-order valence-electron chi connectivity index (χ2n) is 12.0. The van der Waals surface area contributed by atoms with Crippen molar-refractivity contribution in [2.45, 2.75) is 38.0 Å². The van der Waals surface area contributed by atoms with Crippen molar-refractivity contribution in [2.24, 2.45) is 7.05 Å². The van der Waals surface area contributed by atoms with Crippen molar-refractivity contribution < 1.29 is 37.0 Å². The summed E-state index contributed by atoms with van der Waals surface area (Å²) in [4.78, 5) is 62.3. The van der Waals surface area contributed by atoms with Gasteiger partial charge in [-0.15, -0.1) is 0 Å². The second-order valence-corrected chi connectivity index (χ2v) is 12.0. The molecule has 6 rings (SSSR count). The Labute approximate surface area is 280 Å². The van der Waals surface area contributed by atoms with Crippen molar-refractivity contribution in [1.82, 2.24) is 24.4 Å². The van der Waals surface area contributed by atoms with Crippen LogP contribution in [0.4, 0.5) is 23.2 Å². The van der Waals surface area contributed by atoms with Crippen LogP contribution in [-0.2, 0) is 16.6 Å². The van der Waals surface area contributed by atoms with Crippen LogP contribution in [0.2, 0.25) is 0 Å². The molecule has 1 aliphatic rings. The van der Waals surface area contributed by atoms with E-state index in [1.165, 1.54) is 68.3 Å². The number of nitrogens with one attached hydrogen (secondary N) is 1. The molecule has 0 radical (unpaired) electrons. The molecule has 1 amide bonds. The fraction of sp³-hybridized carbons (Fsp3) is 0.294. The Hall–Kier alpha value is -5.64. The number of carbonyl (C=O) groups is 2. The number of aliphatic carboxylic acids is 1. The van der Waals surface area contributed by atoms with Crippen LogP contribution in [0.5, 0.6) is 0 Å². The van der Waals surface area contributed by atoms with E-state index < -0.39 is 65.3 Å². The lowest BCUT2D eigenvalue weighted by Crippen LogP contribution is -2.53. The summed E-state index contributed by atoms with van der Waals surface area (Å²) < 4.78 is 63.7. The number of fused-ring (bicyclic) bond motifs is 2. The number of morpholine rings is 1. The van der Waals surface area contributed by atoms with Gasteiger partial charge in [0.05, 0.1) is 47.1 Å². The van der Waals surface area contributed by atoms with Crippen LogP contribution in [0.25, 0.3) is 27.5 Å². The number of halogens is 4. The highest BCUT2D eigenvalue weighted by atomic mass is 19.4. The van der Waals surface area contributed by atoms with Gasteiger partial charge in [-0.3, -0.25) is 24.1 Å². The van der Waals surface area contributed by atoms with E-state index in [0.717, 1.165) is 15.5 Å². The van der Waals surface area contributed by atoms with Crippen molar-refractivity contribution in [3.05, 3.63) is 104 Å².